The SMILES string of the molecule is c1ccc2c(c1)-c1ccccc1C21c2cc(N3CCCn4ccnc43)ccc2-c2ccc(N3CCCn4ccnc43)cc21. The summed E-state index contributed by atoms with van der Waals surface area (Å²) in [7, 11) is 0. The molecule has 0 fully saturated rings. The van der Waals surface area contributed by atoms with Gasteiger partial charge in [-0.15, -0.1) is 0 Å². The van der Waals surface area contributed by atoms with Crippen LogP contribution in [-0.4, -0.2) is 32.2 Å². The number of aryl methyl sites for hydroxylation is 2. The molecule has 1 spiro atoms. The van der Waals surface area contributed by atoms with E-state index in [0.717, 1.165) is 50.9 Å². The fourth-order valence-electron chi connectivity index (χ4n) is 8.38. The summed E-state index contributed by atoms with van der Waals surface area (Å²) < 4.78 is 4.55. The number of fused-ring (bicyclic) bond motifs is 12. The van der Waals surface area contributed by atoms with E-state index in [-0.39, 0.29) is 0 Å². The quantitative estimate of drug-likeness (QED) is 0.220. The Kier molecular flexibility index (Phi) is 4.63. The first-order chi connectivity index (χ1) is 21.3. The van der Waals surface area contributed by atoms with E-state index >= 15 is 0 Å². The third-order valence-corrected chi connectivity index (χ3v) is 10.1. The van der Waals surface area contributed by atoms with Gasteiger partial charge in [-0.3, -0.25) is 0 Å². The first-order valence-corrected chi connectivity index (χ1v) is 15.4. The topological polar surface area (TPSA) is 42.1 Å². The van der Waals surface area contributed by atoms with E-state index in [2.05, 4.69) is 116 Å². The van der Waals surface area contributed by atoms with Gasteiger partial charge < -0.3 is 18.9 Å². The van der Waals surface area contributed by atoms with E-state index in [1.54, 1.807) is 0 Å². The molecule has 2 aliphatic carbocycles. The third kappa shape index (κ3) is 2.98. The van der Waals surface area contributed by atoms with Gasteiger partial charge in [0.1, 0.15) is 0 Å². The standard InChI is InChI=1S/C37H30N6/c1-3-9-31-27(7-1)28-8-2-4-10-32(28)37(31)33-23-25(42-19-5-17-40-21-15-38-35(40)42)11-13-29(33)30-14-12-26(24-34(30)37)43-20-6-18-41-22-16-39-36(41)43/h1-4,7-16,21-24H,5-6,17-20H2. The molecule has 4 aliphatic rings. The molecule has 0 bridgehead atoms. The number of anilines is 4. The van der Waals surface area contributed by atoms with E-state index in [1.807, 2.05) is 12.4 Å². The van der Waals surface area contributed by atoms with Crippen LogP contribution in [0.1, 0.15) is 35.1 Å². The maximum Gasteiger partial charge on any atom is 0.210 e. The van der Waals surface area contributed by atoms with Gasteiger partial charge in [-0.05, 0) is 81.6 Å². The van der Waals surface area contributed by atoms with Gasteiger partial charge in [0.25, 0.3) is 0 Å². The maximum atomic E-state index is 4.76. The summed E-state index contributed by atoms with van der Waals surface area (Å²) in [6.07, 6.45) is 10.3. The summed E-state index contributed by atoms with van der Waals surface area (Å²) in [5.41, 5.74) is 12.8. The van der Waals surface area contributed by atoms with Crippen LogP contribution in [0.2, 0.25) is 0 Å². The lowest BCUT2D eigenvalue weighted by Crippen LogP contribution is -2.30. The summed E-state index contributed by atoms with van der Waals surface area (Å²) in [6, 6.07) is 32.3. The third-order valence-electron chi connectivity index (χ3n) is 10.1. The molecule has 0 saturated carbocycles. The van der Waals surface area contributed by atoms with E-state index in [0.29, 0.717) is 0 Å². The zero-order valence-electron chi connectivity index (χ0n) is 23.8. The van der Waals surface area contributed by atoms with Crippen molar-refractivity contribution in [2.45, 2.75) is 31.3 Å². The predicted octanol–water partition coefficient (Wildman–Crippen LogP) is 7.51. The second-order valence-electron chi connectivity index (χ2n) is 12.2. The van der Waals surface area contributed by atoms with Crippen LogP contribution >= 0.6 is 0 Å². The Bertz CT molecular complexity index is 1930. The Morgan fingerprint density at radius 3 is 1.47 bits per heavy atom. The first kappa shape index (κ1) is 23.5. The second-order valence-corrected chi connectivity index (χ2v) is 12.2. The zero-order valence-corrected chi connectivity index (χ0v) is 23.8. The molecule has 6 aromatic rings. The van der Waals surface area contributed by atoms with Crippen molar-refractivity contribution < 1.29 is 0 Å². The summed E-state index contributed by atoms with van der Waals surface area (Å²) in [5, 5.41) is 0. The lowest BCUT2D eigenvalue weighted by Gasteiger charge is -2.34. The second kappa shape index (κ2) is 8.48. The smallest absolute Gasteiger partial charge is 0.210 e. The highest BCUT2D eigenvalue weighted by Crippen LogP contribution is 2.63. The van der Waals surface area contributed by atoms with Crippen molar-refractivity contribution in [2.75, 3.05) is 22.9 Å². The van der Waals surface area contributed by atoms with Crippen molar-refractivity contribution in [1.82, 2.24) is 19.1 Å². The number of aromatic nitrogens is 4. The summed E-state index contributed by atoms with van der Waals surface area (Å²) in [5.74, 6) is 2.07. The molecule has 0 atom stereocenters. The Labute approximate surface area is 250 Å². The number of imidazole rings is 2. The lowest BCUT2D eigenvalue weighted by molar-refractivity contribution is 0.591. The molecule has 43 heavy (non-hydrogen) atoms. The molecule has 0 N–H and O–H groups in total. The number of hydrogen-bond donors (Lipinski definition) is 0. The summed E-state index contributed by atoms with van der Waals surface area (Å²) in [4.78, 5) is 14.3. The molecular formula is C37H30N6. The van der Waals surface area contributed by atoms with Gasteiger partial charge in [0.2, 0.25) is 11.9 Å². The van der Waals surface area contributed by atoms with E-state index in [4.69, 9.17) is 9.97 Å². The molecule has 4 heterocycles. The van der Waals surface area contributed by atoms with E-state index in [1.165, 1.54) is 55.9 Å². The minimum Gasteiger partial charge on any atom is -0.317 e. The van der Waals surface area contributed by atoms with Crippen molar-refractivity contribution in [1.29, 1.82) is 0 Å². The number of nitrogens with zero attached hydrogens (tertiary/aromatic N) is 6. The van der Waals surface area contributed by atoms with Crippen LogP contribution in [0, 0.1) is 0 Å². The lowest BCUT2D eigenvalue weighted by atomic mass is 9.70. The Hall–Kier alpha value is -5.10. The first-order valence-electron chi connectivity index (χ1n) is 15.4. The Morgan fingerprint density at radius 2 is 0.953 bits per heavy atom. The average Bonchev–Trinajstić information content (AvgIpc) is 3.85. The van der Waals surface area contributed by atoms with Gasteiger partial charge in [0, 0.05) is 62.3 Å². The summed E-state index contributed by atoms with van der Waals surface area (Å²) >= 11 is 0. The van der Waals surface area contributed by atoms with Crippen molar-refractivity contribution in [3.63, 3.8) is 0 Å². The number of rotatable bonds is 2. The molecule has 6 heteroatoms. The van der Waals surface area contributed by atoms with Gasteiger partial charge in [-0.2, -0.15) is 0 Å². The largest absolute Gasteiger partial charge is 0.317 e. The van der Waals surface area contributed by atoms with Crippen LogP contribution in [0.15, 0.2) is 110 Å². The minimum atomic E-state index is -0.402. The van der Waals surface area contributed by atoms with Crippen LogP contribution in [0.3, 0.4) is 0 Å². The molecule has 2 aliphatic heterocycles. The normalized spacial score (nSPS) is 16.8. The van der Waals surface area contributed by atoms with Gasteiger partial charge in [-0.25, -0.2) is 9.97 Å². The molecule has 6 nitrogen and oxygen atoms in total. The predicted molar refractivity (Wildman–Crippen MR) is 170 cm³/mol. The van der Waals surface area contributed by atoms with Crippen molar-refractivity contribution in [3.05, 3.63) is 132 Å². The molecular weight excluding hydrogens is 528 g/mol. The maximum absolute atomic E-state index is 4.76. The van der Waals surface area contributed by atoms with Crippen LogP contribution < -0.4 is 9.80 Å². The molecule has 2 aromatic heterocycles. The molecule has 0 amide bonds. The van der Waals surface area contributed by atoms with Gasteiger partial charge in [0.15, 0.2) is 0 Å². The fraction of sp³-hybridized carbons (Fsp3) is 0.189. The number of hydrogen-bond acceptors (Lipinski definition) is 4. The average molecular weight is 559 g/mol. The molecule has 4 aromatic carbocycles. The summed E-state index contributed by atoms with van der Waals surface area (Å²) in [6.45, 7) is 3.97. The molecule has 0 saturated heterocycles. The highest BCUT2D eigenvalue weighted by molar-refractivity contribution is 5.96. The van der Waals surface area contributed by atoms with Crippen molar-refractivity contribution in [2.24, 2.45) is 0 Å². The Balaban J connectivity index is 1.25. The van der Waals surface area contributed by atoms with Gasteiger partial charge >= 0.3 is 0 Å². The monoisotopic (exact) mass is 558 g/mol. The van der Waals surface area contributed by atoms with Crippen molar-refractivity contribution >= 4 is 23.3 Å². The Morgan fingerprint density at radius 1 is 0.488 bits per heavy atom. The van der Waals surface area contributed by atoms with Crippen LogP contribution in [-0.2, 0) is 18.5 Å². The van der Waals surface area contributed by atoms with Crippen LogP contribution in [0.4, 0.5) is 23.3 Å². The van der Waals surface area contributed by atoms with Gasteiger partial charge in [-0.1, -0.05) is 60.7 Å². The highest BCUT2D eigenvalue weighted by atomic mass is 15.3. The minimum absolute atomic E-state index is 0.402. The van der Waals surface area contributed by atoms with Gasteiger partial charge in [0.05, 0.1) is 5.41 Å². The zero-order chi connectivity index (χ0) is 28.1. The fourth-order valence-corrected chi connectivity index (χ4v) is 8.38. The van der Waals surface area contributed by atoms with Crippen LogP contribution in [0.25, 0.3) is 22.3 Å². The van der Waals surface area contributed by atoms with Crippen LogP contribution in [0.5, 0.6) is 0 Å². The van der Waals surface area contributed by atoms with Crippen molar-refractivity contribution in [3.8, 4) is 22.3 Å². The molecule has 10 rings (SSSR count). The van der Waals surface area contributed by atoms with E-state index < -0.39 is 5.41 Å². The number of benzene rings is 4. The molecule has 208 valence electrons. The van der Waals surface area contributed by atoms with E-state index in [9.17, 15) is 0 Å². The molecule has 0 radical (unpaired) electrons. The highest BCUT2D eigenvalue weighted by Gasteiger charge is 2.52. The molecule has 0 unspecified atom stereocenters.